The lowest BCUT2D eigenvalue weighted by molar-refractivity contribution is 1.18. The van der Waals surface area contributed by atoms with Crippen LogP contribution in [0, 0.1) is 13.8 Å². The van der Waals surface area contributed by atoms with Gasteiger partial charge in [0, 0.05) is 50.6 Å². The van der Waals surface area contributed by atoms with E-state index >= 15 is 0 Å². The summed E-state index contributed by atoms with van der Waals surface area (Å²) >= 11 is 0. The first-order valence-corrected chi connectivity index (χ1v) is 18.2. The lowest BCUT2D eigenvalue weighted by Crippen LogP contribution is -2.09. The fourth-order valence-electron chi connectivity index (χ4n) is 7.60. The normalized spacial score (nSPS) is 11.2. The minimum atomic E-state index is 1.10. The number of aryl methyl sites for hydroxylation is 2. The summed E-state index contributed by atoms with van der Waals surface area (Å²) in [5.41, 5.74) is 15.2. The standard InChI is InChI=1S/C50H39N3/c1-36-23-24-37(2)46(33-36)38-25-27-43(28-26-38)53-49-31-29-44(51(39-15-7-3-8-16-39)40-17-9-4-10-18-40)34-47(49)48-35-45(30-32-50(48)53)52(41-19-11-5-12-20-41)42-21-13-6-14-22-42/h3-35H,1-2H3. The Kier molecular flexibility index (Phi) is 8.30. The third-order valence-corrected chi connectivity index (χ3v) is 10.1. The van der Waals surface area contributed by atoms with Crippen LogP contribution < -0.4 is 9.80 Å². The highest BCUT2D eigenvalue weighted by atomic mass is 15.1. The quantitative estimate of drug-likeness (QED) is 0.158. The third kappa shape index (κ3) is 6.03. The van der Waals surface area contributed by atoms with Gasteiger partial charge in [-0.05, 0) is 128 Å². The van der Waals surface area contributed by atoms with E-state index in [0.717, 1.165) is 50.8 Å². The topological polar surface area (TPSA) is 11.4 Å². The molecule has 0 aliphatic heterocycles. The summed E-state index contributed by atoms with van der Waals surface area (Å²) in [6.07, 6.45) is 0. The maximum absolute atomic E-state index is 2.41. The van der Waals surface area contributed by atoms with Crippen LogP contribution in [-0.4, -0.2) is 4.57 Å². The molecule has 254 valence electrons. The van der Waals surface area contributed by atoms with Crippen molar-refractivity contribution in [3.8, 4) is 16.8 Å². The Bertz CT molecular complexity index is 2440. The summed E-state index contributed by atoms with van der Waals surface area (Å²) in [5, 5.41) is 2.38. The van der Waals surface area contributed by atoms with Crippen molar-refractivity contribution >= 4 is 55.9 Å². The van der Waals surface area contributed by atoms with Gasteiger partial charge in [-0.1, -0.05) is 109 Å². The summed E-state index contributed by atoms with van der Waals surface area (Å²) in [6.45, 7) is 4.35. The summed E-state index contributed by atoms with van der Waals surface area (Å²) in [7, 11) is 0. The number of fused-ring (bicyclic) bond motifs is 3. The predicted octanol–water partition coefficient (Wildman–Crippen LogP) is 14.0. The molecule has 0 fully saturated rings. The first-order valence-electron chi connectivity index (χ1n) is 18.2. The lowest BCUT2D eigenvalue weighted by atomic mass is 9.98. The van der Waals surface area contributed by atoms with Crippen LogP contribution in [0.3, 0.4) is 0 Å². The van der Waals surface area contributed by atoms with Gasteiger partial charge < -0.3 is 14.4 Å². The summed E-state index contributed by atoms with van der Waals surface area (Å²) in [5.74, 6) is 0. The van der Waals surface area contributed by atoms with Gasteiger partial charge in [0.1, 0.15) is 0 Å². The Labute approximate surface area is 311 Å². The van der Waals surface area contributed by atoms with E-state index in [-0.39, 0.29) is 0 Å². The predicted molar refractivity (Wildman–Crippen MR) is 225 cm³/mol. The van der Waals surface area contributed by atoms with Crippen molar-refractivity contribution in [3.05, 3.63) is 211 Å². The van der Waals surface area contributed by atoms with E-state index in [2.05, 4.69) is 228 Å². The maximum atomic E-state index is 2.41. The van der Waals surface area contributed by atoms with E-state index in [9.17, 15) is 0 Å². The molecule has 0 N–H and O–H groups in total. The molecule has 1 heterocycles. The zero-order valence-electron chi connectivity index (χ0n) is 29.9. The third-order valence-electron chi connectivity index (χ3n) is 10.1. The Morgan fingerprint density at radius 2 is 0.774 bits per heavy atom. The number of hydrogen-bond donors (Lipinski definition) is 0. The van der Waals surface area contributed by atoms with E-state index in [1.54, 1.807) is 0 Å². The number of nitrogens with zero attached hydrogens (tertiary/aromatic N) is 3. The Balaban J connectivity index is 1.27. The molecule has 9 aromatic rings. The van der Waals surface area contributed by atoms with Gasteiger partial charge in [0.05, 0.1) is 11.0 Å². The van der Waals surface area contributed by atoms with E-state index in [1.165, 1.54) is 33.0 Å². The number of anilines is 6. The fraction of sp³-hybridized carbons (Fsp3) is 0.0400. The molecule has 0 spiro atoms. The molecule has 0 atom stereocenters. The molecule has 0 amide bonds. The summed E-state index contributed by atoms with van der Waals surface area (Å²) in [4.78, 5) is 4.68. The van der Waals surface area contributed by atoms with Crippen molar-refractivity contribution in [2.75, 3.05) is 9.80 Å². The van der Waals surface area contributed by atoms with Gasteiger partial charge in [-0.25, -0.2) is 0 Å². The number of aromatic nitrogens is 1. The Morgan fingerprint density at radius 1 is 0.358 bits per heavy atom. The number of rotatable bonds is 8. The number of para-hydroxylation sites is 4. The second-order valence-electron chi connectivity index (χ2n) is 13.6. The highest BCUT2D eigenvalue weighted by Gasteiger charge is 2.20. The molecule has 8 aromatic carbocycles. The van der Waals surface area contributed by atoms with Crippen LogP contribution in [0.1, 0.15) is 11.1 Å². The minimum absolute atomic E-state index is 1.10. The van der Waals surface area contributed by atoms with E-state index in [1.807, 2.05) is 0 Å². The molecule has 0 saturated carbocycles. The molecule has 0 bridgehead atoms. The number of benzene rings is 8. The van der Waals surface area contributed by atoms with E-state index in [0.29, 0.717) is 0 Å². The van der Waals surface area contributed by atoms with Gasteiger partial charge in [-0.15, -0.1) is 0 Å². The van der Waals surface area contributed by atoms with Crippen LogP contribution in [0.15, 0.2) is 200 Å². The zero-order chi connectivity index (χ0) is 35.7. The molecule has 0 unspecified atom stereocenters. The van der Waals surface area contributed by atoms with Gasteiger partial charge in [0.25, 0.3) is 0 Å². The monoisotopic (exact) mass is 681 g/mol. The Morgan fingerprint density at radius 3 is 1.19 bits per heavy atom. The highest BCUT2D eigenvalue weighted by Crippen LogP contribution is 2.42. The molecule has 3 nitrogen and oxygen atoms in total. The molecule has 0 saturated heterocycles. The van der Waals surface area contributed by atoms with Crippen molar-refractivity contribution in [3.63, 3.8) is 0 Å². The van der Waals surface area contributed by atoms with Gasteiger partial charge in [0.15, 0.2) is 0 Å². The van der Waals surface area contributed by atoms with Crippen molar-refractivity contribution in [1.82, 2.24) is 4.57 Å². The molecule has 9 rings (SSSR count). The van der Waals surface area contributed by atoms with Gasteiger partial charge in [0.2, 0.25) is 0 Å². The molecule has 0 aliphatic carbocycles. The molecule has 3 heteroatoms. The van der Waals surface area contributed by atoms with Crippen LogP contribution in [0.5, 0.6) is 0 Å². The zero-order valence-corrected chi connectivity index (χ0v) is 29.9. The van der Waals surface area contributed by atoms with Gasteiger partial charge >= 0.3 is 0 Å². The molecular weight excluding hydrogens is 643 g/mol. The average molecular weight is 682 g/mol. The first kappa shape index (κ1) is 32.1. The summed E-state index contributed by atoms with van der Waals surface area (Å²) in [6, 6.07) is 72.0. The summed E-state index contributed by atoms with van der Waals surface area (Å²) < 4.78 is 2.41. The average Bonchev–Trinajstić information content (AvgIpc) is 3.54. The van der Waals surface area contributed by atoms with Crippen molar-refractivity contribution in [2.45, 2.75) is 13.8 Å². The number of hydrogen-bond acceptors (Lipinski definition) is 2. The van der Waals surface area contributed by atoms with Gasteiger partial charge in [-0.3, -0.25) is 0 Å². The van der Waals surface area contributed by atoms with Crippen molar-refractivity contribution < 1.29 is 0 Å². The highest BCUT2D eigenvalue weighted by molar-refractivity contribution is 6.12. The minimum Gasteiger partial charge on any atom is -0.310 e. The van der Waals surface area contributed by atoms with Crippen LogP contribution in [0.2, 0.25) is 0 Å². The first-order chi connectivity index (χ1) is 26.1. The SMILES string of the molecule is Cc1ccc(C)c(-c2ccc(-n3c4ccc(N(c5ccccc5)c5ccccc5)cc4c4cc(N(c5ccccc5)c5ccccc5)ccc43)cc2)c1. The lowest BCUT2D eigenvalue weighted by Gasteiger charge is -2.26. The molecule has 0 radical (unpaired) electrons. The largest absolute Gasteiger partial charge is 0.310 e. The van der Waals surface area contributed by atoms with E-state index < -0.39 is 0 Å². The van der Waals surface area contributed by atoms with Crippen LogP contribution >= 0.6 is 0 Å². The maximum Gasteiger partial charge on any atom is 0.0542 e. The molecule has 53 heavy (non-hydrogen) atoms. The molecule has 1 aromatic heterocycles. The van der Waals surface area contributed by atoms with Crippen molar-refractivity contribution in [2.24, 2.45) is 0 Å². The molecular formula is C50H39N3. The fourth-order valence-corrected chi connectivity index (χ4v) is 7.60. The second kappa shape index (κ2) is 13.7. The second-order valence-corrected chi connectivity index (χ2v) is 13.6. The van der Waals surface area contributed by atoms with Crippen LogP contribution in [-0.2, 0) is 0 Å². The van der Waals surface area contributed by atoms with Gasteiger partial charge in [-0.2, -0.15) is 0 Å². The van der Waals surface area contributed by atoms with E-state index in [4.69, 9.17) is 0 Å². The smallest absolute Gasteiger partial charge is 0.0542 e. The molecule has 0 aliphatic rings. The Hall–Kier alpha value is -6.84. The van der Waals surface area contributed by atoms with Crippen LogP contribution in [0.4, 0.5) is 34.1 Å². The van der Waals surface area contributed by atoms with Crippen molar-refractivity contribution in [1.29, 1.82) is 0 Å². The van der Waals surface area contributed by atoms with Crippen LogP contribution in [0.25, 0.3) is 38.6 Å².